The third-order valence-electron chi connectivity index (χ3n) is 4.28. The molecule has 0 unspecified atom stereocenters. The van der Waals surface area contributed by atoms with Gasteiger partial charge in [0.2, 0.25) is 5.91 Å². The van der Waals surface area contributed by atoms with Crippen LogP contribution in [0, 0.1) is 6.92 Å². The van der Waals surface area contributed by atoms with E-state index in [0.717, 1.165) is 75.3 Å². The Bertz CT molecular complexity index is 513. The molecule has 1 aliphatic heterocycles. The SMILES string of the molecule is Cc1cc(NC(=O)CCCCCCN)ccc1OC1CCOCC1. The summed E-state index contributed by atoms with van der Waals surface area (Å²) in [6, 6.07) is 5.83. The Balaban J connectivity index is 1.77. The van der Waals surface area contributed by atoms with E-state index in [0.29, 0.717) is 6.42 Å². The van der Waals surface area contributed by atoms with Crippen LogP contribution in [-0.2, 0) is 9.53 Å². The number of nitrogens with one attached hydrogen (secondary N) is 1. The summed E-state index contributed by atoms with van der Waals surface area (Å²) in [6.07, 6.45) is 6.76. The summed E-state index contributed by atoms with van der Waals surface area (Å²) in [6.45, 7) is 4.27. The molecule has 3 N–H and O–H groups in total. The van der Waals surface area contributed by atoms with E-state index in [9.17, 15) is 4.79 Å². The minimum atomic E-state index is 0.0697. The second-order valence-corrected chi connectivity index (χ2v) is 6.41. The van der Waals surface area contributed by atoms with Gasteiger partial charge in [0, 0.05) is 24.9 Å². The highest BCUT2D eigenvalue weighted by Gasteiger charge is 2.16. The molecular formula is C19H30N2O3. The third-order valence-corrected chi connectivity index (χ3v) is 4.28. The second-order valence-electron chi connectivity index (χ2n) is 6.41. The molecule has 2 rings (SSSR count). The molecule has 0 atom stereocenters. The number of carbonyl (C=O) groups excluding carboxylic acids is 1. The summed E-state index contributed by atoms with van der Waals surface area (Å²) in [5.74, 6) is 0.960. The lowest BCUT2D eigenvalue weighted by atomic mass is 10.1. The molecule has 0 bridgehead atoms. The molecule has 1 aliphatic rings. The number of benzene rings is 1. The Labute approximate surface area is 144 Å². The average Bonchev–Trinajstić information content (AvgIpc) is 2.58. The highest BCUT2D eigenvalue weighted by Crippen LogP contribution is 2.25. The Morgan fingerprint density at radius 3 is 2.71 bits per heavy atom. The Morgan fingerprint density at radius 1 is 1.25 bits per heavy atom. The van der Waals surface area contributed by atoms with Crippen molar-refractivity contribution in [1.82, 2.24) is 0 Å². The summed E-state index contributed by atoms with van der Waals surface area (Å²) in [5.41, 5.74) is 7.34. The van der Waals surface area contributed by atoms with E-state index in [1.165, 1.54) is 0 Å². The zero-order valence-corrected chi connectivity index (χ0v) is 14.7. The lowest BCUT2D eigenvalue weighted by Crippen LogP contribution is -2.26. The molecule has 1 aromatic rings. The molecule has 5 heteroatoms. The first-order valence-corrected chi connectivity index (χ1v) is 9.04. The summed E-state index contributed by atoms with van der Waals surface area (Å²) in [4.78, 5) is 12.0. The highest BCUT2D eigenvalue weighted by molar-refractivity contribution is 5.90. The van der Waals surface area contributed by atoms with Gasteiger partial charge < -0.3 is 20.5 Å². The van der Waals surface area contributed by atoms with E-state index in [2.05, 4.69) is 5.32 Å². The molecule has 5 nitrogen and oxygen atoms in total. The number of carbonyl (C=O) groups is 1. The Kier molecular flexibility index (Phi) is 8.05. The van der Waals surface area contributed by atoms with Gasteiger partial charge in [-0.15, -0.1) is 0 Å². The molecule has 0 aliphatic carbocycles. The van der Waals surface area contributed by atoms with Crippen LogP contribution in [0.5, 0.6) is 5.75 Å². The normalized spacial score (nSPS) is 15.2. The van der Waals surface area contributed by atoms with Crippen LogP contribution < -0.4 is 15.8 Å². The number of unbranched alkanes of at least 4 members (excludes halogenated alkanes) is 3. The lowest BCUT2D eigenvalue weighted by molar-refractivity contribution is -0.116. The fourth-order valence-electron chi connectivity index (χ4n) is 2.84. The van der Waals surface area contributed by atoms with Crippen LogP contribution in [0.2, 0.25) is 0 Å². The monoisotopic (exact) mass is 334 g/mol. The molecule has 0 radical (unpaired) electrons. The number of hydrogen-bond acceptors (Lipinski definition) is 4. The molecule has 0 saturated carbocycles. The van der Waals surface area contributed by atoms with Gasteiger partial charge in [-0.3, -0.25) is 4.79 Å². The maximum atomic E-state index is 12.0. The number of rotatable bonds is 9. The van der Waals surface area contributed by atoms with E-state index in [-0.39, 0.29) is 12.0 Å². The maximum absolute atomic E-state index is 12.0. The standard InChI is InChI=1S/C19H30N2O3/c1-15-14-16(21-19(22)6-4-2-3-5-11-20)7-8-18(15)24-17-9-12-23-13-10-17/h7-8,14,17H,2-6,9-13,20H2,1H3,(H,21,22). The van der Waals surface area contributed by atoms with Gasteiger partial charge in [-0.2, -0.15) is 0 Å². The van der Waals surface area contributed by atoms with Gasteiger partial charge in [-0.25, -0.2) is 0 Å². The van der Waals surface area contributed by atoms with Crippen LogP contribution in [0.1, 0.15) is 50.5 Å². The van der Waals surface area contributed by atoms with Crippen LogP contribution in [0.4, 0.5) is 5.69 Å². The van der Waals surface area contributed by atoms with E-state index in [4.69, 9.17) is 15.2 Å². The molecule has 1 aromatic carbocycles. The Morgan fingerprint density at radius 2 is 2.00 bits per heavy atom. The van der Waals surface area contributed by atoms with Crippen LogP contribution in [-0.4, -0.2) is 31.8 Å². The molecule has 1 amide bonds. The van der Waals surface area contributed by atoms with Crippen molar-refractivity contribution in [3.8, 4) is 5.75 Å². The number of anilines is 1. The number of amides is 1. The predicted octanol–water partition coefficient (Wildman–Crippen LogP) is 3.40. The molecule has 1 fully saturated rings. The summed E-state index contributed by atoms with van der Waals surface area (Å²) in [7, 11) is 0. The van der Waals surface area contributed by atoms with Crippen LogP contribution in [0.25, 0.3) is 0 Å². The third kappa shape index (κ3) is 6.49. The van der Waals surface area contributed by atoms with Crippen molar-refractivity contribution < 1.29 is 14.3 Å². The summed E-state index contributed by atoms with van der Waals surface area (Å²) in [5, 5.41) is 2.97. The van der Waals surface area contributed by atoms with Gasteiger partial charge in [0.1, 0.15) is 11.9 Å². The predicted molar refractivity (Wildman–Crippen MR) is 96.4 cm³/mol. The van der Waals surface area contributed by atoms with Crippen LogP contribution >= 0.6 is 0 Å². The van der Waals surface area contributed by atoms with Gasteiger partial charge in [0.15, 0.2) is 0 Å². The van der Waals surface area contributed by atoms with Crippen molar-refractivity contribution >= 4 is 11.6 Å². The fraction of sp³-hybridized carbons (Fsp3) is 0.632. The van der Waals surface area contributed by atoms with Gasteiger partial charge >= 0.3 is 0 Å². The zero-order valence-electron chi connectivity index (χ0n) is 14.7. The second kappa shape index (κ2) is 10.3. The first-order chi connectivity index (χ1) is 11.7. The molecule has 24 heavy (non-hydrogen) atoms. The fourth-order valence-corrected chi connectivity index (χ4v) is 2.84. The van der Waals surface area contributed by atoms with E-state index in [1.807, 2.05) is 25.1 Å². The molecule has 0 spiro atoms. The van der Waals surface area contributed by atoms with Crippen molar-refractivity contribution in [2.75, 3.05) is 25.1 Å². The zero-order chi connectivity index (χ0) is 17.2. The molecule has 0 aromatic heterocycles. The molecule has 1 saturated heterocycles. The number of aryl methyl sites for hydroxylation is 1. The number of ether oxygens (including phenoxy) is 2. The van der Waals surface area contributed by atoms with Crippen molar-refractivity contribution in [3.63, 3.8) is 0 Å². The maximum Gasteiger partial charge on any atom is 0.224 e. The minimum absolute atomic E-state index is 0.0697. The molecular weight excluding hydrogens is 304 g/mol. The van der Waals surface area contributed by atoms with E-state index >= 15 is 0 Å². The van der Waals surface area contributed by atoms with E-state index in [1.54, 1.807) is 0 Å². The topological polar surface area (TPSA) is 73.6 Å². The molecule has 1 heterocycles. The average molecular weight is 334 g/mol. The summed E-state index contributed by atoms with van der Waals surface area (Å²) >= 11 is 0. The van der Waals surface area contributed by atoms with E-state index < -0.39 is 0 Å². The Hall–Kier alpha value is -1.59. The first-order valence-electron chi connectivity index (χ1n) is 9.04. The van der Waals surface area contributed by atoms with Crippen LogP contribution in [0.15, 0.2) is 18.2 Å². The number of hydrogen-bond donors (Lipinski definition) is 2. The highest BCUT2D eigenvalue weighted by atomic mass is 16.5. The summed E-state index contributed by atoms with van der Waals surface area (Å²) < 4.78 is 11.4. The minimum Gasteiger partial charge on any atom is -0.490 e. The number of nitrogens with two attached hydrogens (primary N) is 1. The van der Waals surface area contributed by atoms with Gasteiger partial charge in [0.25, 0.3) is 0 Å². The quantitative estimate of drug-likeness (QED) is 0.679. The first kappa shape index (κ1) is 18.7. The largest absolute Gasteiger partial charge is 0.490 e. The van der Waals surface area contributed by atoms with Crippen molar-refractivity contribution in [2.45, 2.75) is 58.0 Å². The molecule has 134 valence electrons. The smallest absolute Gasteiger partial charge is 0.224 e. The van der Waals surface area contributed by atoms with Crippen molar-refractivity contribution in [1.29, 1.82) is 0 Å². The lowest BCUT2D eigenvalue weighted by Gasteiger charge is -2.24. The van der Waals surface area contributed by atoms with Gasteiger partial charge in [0.05, 0.1) is 13.2 Å². The van der Waals surface area contributed by atoms with Crippen molar-refractivity contribution in [3.05, 3.63) is 23.8 Å². The van der Waals surface area contributed by atoms with Crippen LogP contribution in [0.3, 0.4) is 0 Å². The van der Waals surface area contributed by atoms with Gasteiger partial charge in [-0.05, 0) is 50.1 Å². The van der Waals surface area contributed by atoms with Crippen molar-refractivity contribution in [2.24, 2.45) is 5.73 Å². The van der Waals surface area contributed by atoms with Gasteiger partial charge in [-0.1, -0.05) is 12.8 Å².